The second-order valence-corrected chi connectivity index (χ2v) is 2.02. The van der Waals surface area contributed by atoms with Gasteiger partial charge in [-0.2, -0.15) is 0 Å². The molecule has 0 amide bonds. The molecule has 1 rings (SSSR count). The van der Waals surface area contributed by atoms with Gasteiger partial charge in [-0.25, -0.2) is 0 Å². The fourth-order valence-corrected chi connectivity index (χ4v) is 0.713. The van der Waals surface area contributed by atoms with Gasteiger partial charge in [0.2, 0.25) is 0 Å². The molecule has 0 spiro atoms. The zero-order valence-electron chi connectivity index (χ0n) is 5.49. The molecule has 0 aliphatic heterocycles. The first kappa shape index (κ1) is 7.25. The number of hydrogen-bond acceptors (Lipinski definition) is 2. The summed E-state index contributed by atoms with van der Waals surface area (Å²) in [4.78, 5) is 0. The van der Waals surface area contributed by atoms with Crippen molar-refractivity contribution < 1.29 is 10.2 Å². The molecule has 0 aliphatic rings. The minimum absolute atomic E-state index is 0.249. The maximum absolute atomic E-state index is 9.05. The van der Waals surface area contributed by atoms with Gasteiger partial charge in [0.1, 0.15) is 6.10 Å². The lowest BCUT2D eigenvalue weighted by Crippen LogP contribution is -2.01. The van der Waals surface area contributed by atoms with Crippen LogP contribution in [0.3, 0.4) is 0 Å². The van der Waals surface area contributed by atoms with Crippen LogP contribution in [-0.2, 0) is 0 Å². The molecule has 0 bridgehead atoms. The quantitative estimate of drug-likeness (QED) is 0.623. The van der Waals surface area contributed by atoms with Crippen molar-refractivity contribution in [2.45, 2.75) is 6.10 Å². The van der Waals surface area contributed by atoms with Gasteiger partial charge in [-0.15, -0.1) is 0 Å². The van der Waals surface area contributed by atoms with Gasteiger partial charge in [-0.3, -0.25) is 0 Å². The summed E-state index contributed by atoms with van der Waals surface area (Å²) in [5, 5.41) is 17.6. The van der Waals surface area contributed by atoms with E-state index in [4.69, 9.17) is 10.2 Å². The van der Waals surface area contributed by atoms with Gasteiger partial charge in [-0.05, 0) is 11.6 Å². The Bertz CT molecular complexity index is 184. The Hall–Kier alpha value is -0.860. The lowest BCUT2D eigenvalue weighted by molar-refractivity contribution is 0.0954. The van der Waals surface area contributed by atoms with E-state index < -0.39 is 6.10 Å². The number of rotatable bonds is 2. The number of hydrogen-bond donors (Lipinski definition) is 2. The third-order valence-corrected chi connectivity index (χ3v) is 1.27. The molecular formula is C8H9O2. The van der Waals surface area contributed by atoms with E-state index in [0.717, 1.165) is 0 Å². The third kappa shape index (κ3) is 1.56. The van der Waals surface area contributed by atoms with E-state index in [1.807, 2.05) is 6.07 Å². The molecule has 0 aliphatic carbocycles. The monoisotopic (exact) mass is 137 g/mol. The van der Waals surface area contributed by atoms with Crippen molar-refractivity contribution in [3.05, 3.63) is 35.9 Å². The summed E-state index contributed by atoms with van der Waals surface area (Å²) in [7, 11) is 0. The van der Waals surface area contributed by atoms with E-state index in [1.54, 1.807) is 18.2 Å². The van der Waals surface area contributed by atoms with E-state index in [9.17, 15) is 0 Å². The Balaban J connectivity index is 2.75. The molecule has 1 atom stereocenters. The van der Waals surface area contributed by atoms with Crippen LogP contribution in [0.5, 0.6) is 0 Å². The van der Waals surface area contributed by atoms with Crippen LogP contribution in [0.1, 0.15) is 11.7 Å². The average molecular weight is 137 g/mol. The minimum Gasteiger partial charge on any atom is -0.393 e. The predicted molar refractivity (Wildman–Crippen MR) is 37.3 cm³/mol. The summed E-state index contributed by atoms with van der Waals surface area (Å²) in [6.45, 7) is -0.249. The molecule has 2 nitrogen and oxygen atoms in total. The lowest BCUT2D eigenvalue weighted by Gasteiger charge is -2.04. The Morgan fingerprint density at radius 1 is 1.50 bits per heavy atom. The summed E-state index contributed by atoms with van der Waals surface area (Å²) in [5.74, 6) is 0. The van der Waals surface area contributed by atoms with Gasteiger partial charge >= 0.3 is 0 Å². The van der Waals surface area contributed by atoms with Crippen molar-refractivity contribution in [3.63, 3.8) is 0 Å². The molecule has 2 N–H and O–H groups in total. The van der Waals surface area contributed by atoms with Gasteiger partial charge in [0.25, 0.3) is 0 Å². The van der Waals surface area contributed by atoms with Gasteiger partial charge in [-0.1, -0.05) is 24.3 Å². The Labute approximate surface area is 59.7 Å². The number of aliphatic hydroxyl groups excluding tert-OH is 2. The van der Waals surface area contributed by atoms with Crippen LogP contribution in [0.15, 0.2) is 24.3 Å². The van der Waals surface area contributed by atoms with Crippen molar-refractivity contribution >= 4 is 0 Å². The zero-order valence-corrected chi connectivity index (χ0v) is 5.49. The van der Waals surface area contributed by atoms with Crippen LogP contribution < -0.4 is 0 Å². The Morgan fingerprint density at radius 3 is 2.80 bits per heavy atom. The second kappa shape index (κ2) is 3.34. The average Bonchev–Trinajstić information content (AvgIpc) is 2.05. The van der Waals surface area contributed by atoms with Crippen LogP contribution in [0.2, 0.25) is 0 Å². The van der Waals surface area contributed by atoms with Gasteiger partial charge < -0.3 is 10.2 Å². The third-order valence-electron chi connectivity index (χ3n) is 1.27. The van der Waals surface area contributed by atoms with Crippen molar-refractivity contribution in [1.82, 2.24) is 0 Å². The molecule has 0 fully saturated rings. The summed E-state index contributed by atoms with van der Waals surface area (Å²) >= 11 is 0. The molecule has 1 aromatic rings. The predicted octanol–water partition coefficient (Wildman–Crippen LogP) is 0.512. The van der Waals surface area contributed by atoms with Gasteiger partial charge in [0.05, 0.1) is 6.61 Å². The van der Waals surface area contributed by atoms with Crippen molar-refractivity contribution in [2.24, 2.45) is 0 Å². The van der Waals surface area contributed by atoms with E-state index >= 15 is 0 Å². The first-order chi connectivity index (χ1) is 4.84. The molecule has 0 saturated heterocycles. The number of benzene rings is 1. The van der Waals surface area contributed by atoms with E-state index in [2.05, 4.69) is 6.07 Å². The molecule has 1 unspecified atom stereocenters. The first-order valence-electron chi connectivity index (χ1n) is 3.10. The van der Waals surface area contributed by atoms with E-state index in [-0.39, 0.29) is 6.61 Å². The summed E-state index contributed by atoms with van der Waals surface area (Å²) < 4.78 is 0. The normalized spacial score (nSPS) is 13.0. The molecule has 2 heteroatoms. The number of aliphatic hydroxyl groups is 2. The second-order valence-electron chi connectivity index (χ2n) is 2.02. The molecule has 1 radical (unpaired) electrons. The minimum atomic E-state index is -0.791. The summed E-state index contributed by atoms with van der Waals surface area (Å²) in [6.07, 6.45) is -0.791. The highest BCUT2D eigenvalue weighted by molar-refractivity contribution is 5.15. The van der Waals surface area contributed by atoms with Crippen LogP contribution in [0.4, 0.5) is 0 Å². The van der Waals surface area contributed by atoms with Crippen molar-refractivity contribution in [2.75, 3.05) is 6.61 Å². The van der Waals surface area contributed by atoms with Crippen molar-refractivity contribution in [3.8, 4) is 0 Å². The maximum atomic E-state index is 9.05. The lowest BCUT2D eigenvalue weighted by atomic mass is 10.1. The molecule has 1 aromatic carbocycles. The van der Waals surface area contributed by atoms with Crippen LogP contribution in [-0.4, -0.2) is 16.8 Å². The van der Waals surface area contributed by atoms with Gasteiger partial charge in [0.15, 0.2) is 0 Å². The first-order valence-corrected chi connectivity index (χ1v) is 3.10. The molecule has 0 saturated carbocycles. The zero-order chi connectivity index (χ0) is 7.40. The van der Waals surface area contributed by atoms with Gasteiger partial charge in [0, 0.05) is 0 Å². The fraction of sp³-hybridized carbons (Fsp3) is 0.250. The molecule has 53 valence electrons. The van der Waals surface area contributed by atoms with E-state index in [0.29, 0.717) is 5.56 Å². The SMILES string of the molecule is OCC(O)c1[c]cccc1. The molecule has 10 heavy (non-hydrogen) atoms. The molecule has 0 heterocycles. The van der Waals surface area contributed by atoms with Crippen molar-refractivity contribution in [1.29, 1.82) is 0 Å². The Morgan fingerprint density at radius 2 is 2.30 bits per heavy atom. The highest BCUT2D eigenvalue weighted by Gasteiger charge is 2.02. The summed E-state index contributed by atoms with van der Waals surface area (Å²) in [6, 6.07) is 9.84. The molecule has 0 aromatic heterocycles. The highest BCUT2D eigenvalue weighted by Crippen LogP contribution is 2.08. The highest BCUT2D eigenvalue weighted by atomic mass is 16.3. The summed E-state index contributed by atoms with van der Waals surface area (Å²) in [5.41, 5.74) is 0.630. The van der Waals surface area contributed by atoms with Crippen LogP contribution in [0.25, 0.3) is 0 Å². The smallest absolute Gasteiger partial charge is 0.103 e. The maximum Gasteiger partial charge on any atom is 0.103 e. The Kier molecular flexibility index (Phi) is 2.42. The fourth-order valence-electron chi connectivity index (χ4n) is 0.713. The molecular weight excluding hydrogens is 128 g/mol. The van der Waals surface area contributed by atoms with Crippen LogP contribution in [0, 0.1) is 6.07 Å². The van der Waals surface area contributed by atoms with Crippen LogP contribution >= 0.6 is 0 Å². The largest absolute Gasteiger partial charge is 0.393 e. The van der Waals surface area contributed by atoms with E-state index in [1.165, 1.54) is 0 Å². The topological polar surface area (TPSA) is 40.5 Å². The standard InChI is InChI=1S/C8H9O2/c9-6-8(10)7-4-2-1-3-5-7/h1-4,8-10H,6H2.